The van der Waals surface area contributed by atoms with Gasteiger partial charge in [0.25, 0.3) is 5.89 Å². The third-order valence-electron chi connectivity index (χ3n) is 3.76. The van der Waals surface area contributed by atoms with Crippen molar-refractivity contribution in [3.63, 3.8) is 0 Å². The maximum absolute atomic E-state index is 5.90. The lowest BCUT2D eigenvalue weighted by Crippen LogP contribution is -2.49. The number of fused-ring (bicyclic) bond motifs is 1. The van der Waals surface area contributed by atoms with Gasteiger partial charge in [0.2, 0.25) is 0 Å². The van der Waals surface area contributed by atoms with Gasteiger partial charge in [-0.25, -0.2) is 15.0 Å². The van der Waals surface area contributed by atoms with Gasteiger partial charge in [0, 0.05) is 6.54 Å². The molecular weight excluding hydrogens is 286 g/mol. The van der Waals surface area contributed by atoms with Gasteiger partial charge in [-0.3, -0.25) is 0 Å². The second-order valence-electron chi connectivity index (χ2n) is 5.45. The van der Waals surface area contributed by atoms with Crippen LogP contribution in [0.15, 0.2) is 17.2 Å². The lowest BCUT2D eigenvalue weighted by Gasteiger charge is -2.38. The van der Waals surface area contributed by atoms with Gasteiger partial charge in [-0.05, 0) is 13.8 Å². The van der Waals surface area contributed by atoms with Gasteiger partial charge in [0.1, 0.15) is 11.8 Å². The van der Waals surface area contributed by atoms with E-state index in [2.05, 4.69) is 35.0 Å². The highest BCUT2D eigenvalue weighted by Gasteiger charge is 2.40. The maximum atomic E-state index is 5.90. The number of imidazole rings is 1. The minimum Gasteiger partial charge on any atom is -0.362 e. The standard InChI is InChI=1S/C13H15N7O2/c1-8-18-12(22-19-8)13(2)5-20(3-4-21-13)11-9-10(15-6-14-9)16-7-17-11/h6-7H,3-5H2,1-2H3,(H,14,15,16,17). The first-order chi connectivity index (χ1) is 10.7. The number of nitrogens with zero attached hydrogens (tertiary/aromatic N) is 6. The highest BCUT2D eigenvalue weighted by atomic mass is 16.5. The Kier molecular flexibility index (Phi) is 2.83. The number of aryl methyl sites for hydroxylation is 1. The van der Waals surface area contributed by atoms with Crippen LogP contribution in [-0.2, 0) is 10.3 Å². The molecule has 3 aromatic heterocycles. The van der Waals surface area contributed by atoms with E-state index in [1.165, 1.54) is 6.33 Å². The first-order valence-electron chi connectivity index (χ1n) is 6.99. The van der Waals surface area contributed by atoms with Crippen LogP contribution in [-0.4, -0.2) is 49.8 Å². The molecule has 1 saturated heterocycles. The first-order valence-corrected chi connectivity index (χ1v) is 6.99. The molecule has 1 aliphatic heterocycles. The average molecular weight is 301 g/mol. The molecule has 1 N–H and O–H groups in total. The van der Waals surface area contributed by atoms with Crippen molar-refractivity contribution in [3.8, 4) is 0 Å². The zero-order valence-electron chi connectivity index (χ0n) is 12.3. The van der Waals surface area contributed by atoms with Crippen LogP contribution in [0.3, 0.4) is 0 Å². The van der Waals surface area contributed by atoms with E-state index in [0.717, 1.165) is 11.3 Å². The summed E-state index contributed by atoms with van der Waals surface area (Å²) in [4.78, 5) is 22.2. The van der Waals surface area contributed by atoms with Gasteiger partial charge in [0.15, 0.2) is 22.9 Å². The predicted molar refractivity (Wildman–Crippen MR) is 76.2 cm³/mol. The monoisotopic (exact) mass is 301 g/mol. The molecule has 9 nitrogen and oxygen atoms in total. The van der Waals surface area contributed by atoms with Crippen molar-refractivity contribution in [2.45, 2.75) is 19.4 Å². The molecule has 22 heavy (non-hydrogen) atoms. The maximum Gasteiger partial charge on any atom is 0.260 e. The third kappa shape index (κ3) is 2.01. The van der Waals surface area contributed by atoms with E-state index in [0.29, 0.717) is 37.1 Å². The van der Waals surface area contributed by atoms with Crippen LogP contribution in [0.5, 0.6) is 0 Å². The first kappa shape index (κ1) is 13.1. The molecule has 0 bridgehead atoms. The zero-order valence-corrected chi connectivity index (χ0v) is 12.3. The Hall–Kier alpha value is -2.55. The minimum absolute atomic E-state index is 0.476. The number of aromatic nitrogens is 6. The molecule has 1 fully saturated rings. The second kappa shape index (κ2) is 4.73. The van der Waals surface area contributed by atoms with Gasteiger partial charge in [-0.1, -0.05) is 5.16 Å². The summed E-state index contributed by atoms with van der Waals surface area (Å²) in [7, 11) is 0. The summed E-state index contributed by atoms with van der Waals surface area (Å²) in [6.07, 6.45) is 3.13. The van der Waals surface area contributed by atoms with Gasteiger partial charge in [-0.15, -0.1) is 0 Å². The smallest absolute Gasteiger partial charge is 0.260 e. The predicted octanol–water partition coefficient (Wildman–Crippen LogP) is 0.796. The number of aromatic amines is 1. The number of nitrogens with one attached hydrogen (secondary N) is 1. The van der Waals surface area contributed by atoms with E-state index in [-0.39, 0.29) is 0 Å². The lowest BCUT2D eigenvalue weighted by molar-refractivity contribution is -0.0670. The quantitative estimate of drug-likeness (QED) is 0.740. The number of anilines is 1. The average Bonchev–Trinajstić information content (AvgIpc) is 3.15. The Bertz CT molecular complexity index is 813. The molecule has 0 aliphatic carbocycles. The molecule has 1 atom stereocenters. The molecule has 0 amide bonds. The van der Waals surface area contributed by atoms with Crippen molar-refractivity contribution >= 4 is 17.0 Å². The largest absolute Gasteiger partial charge is 0.362 e. The Morgan fingerprint density at radius 3 is 3.05 bits per heavy atom. The molecule has 1 unspecified atom stereocenters. The number of ether oxygens (including phenoxy) is 1. The third-order valence-corrected chi connectivity index (χ3v) is 3.76. The van der Waals surface area contributed by atoms with Crippen molar-refractivity contribution in [1.29, 1.82) is 0 Å². The second-order valence-corrected chi connectivity index (χ2v) is 5.45. The summed E-state index contributed by atoms with van der Waals surface area (Å²) in [5, 5.41) is 3.85. The number of hydrogen-bond acceptors (Lipinski definition) is 8. The SMILES string of the molecule is Cc1noc(C2(C)CN(c3ncnc4nc[nH]c34)CCO2)n1. The molecule has 114 valence electrons. The highest BCUT2D eigenvalue weighted by Crippen LogP contribution is 2.31. The van der Waals surface area contributed by atoms with E-state index >= 15 is 0 Å². The lowest BCUT2D eigenvalue weighted by atomic mass is 10.0. The van der Waals surface area contributed by atoms with Gasteiger partial charge in [-0.2, -0.15) is 4.98 Å². The fraction of sp³-hybridized carbons (Fsp3) is 0.462. The summed E-state index contributed by atoms with van der Waals surface area (Å²) in [5.41, 5.74) is 0.789. The minimum atomic E-state index is -0.670. The van der Waals surface area contributed by atoms with Crippen LogP contribution in [0.4, 0.5) is 5.82 Å². The molecule has 9 heteroatoms. The number of hydrogen-bond donors (Lipinski definition) is 1. The van der Waals surface area contributed by atoms with Crippen molar-refractivity contribution in [3.05, 3.63) is 24.4 Å². The van der Waals surface area contributed by atoms with E-state index in [1.807, 2.05) is 6.92 Å². The fourth-order valence-electron chi connectivity index (χ4n) is 2.68. The van der Waals surface area contributed by atoms with E-state index in [4.69, 9.17) is 9.26 Å². The zero-order chi connectivity index (χ0) is 15.2. The van der Waals surface area contributed by atoms with Gasteiger partial charge >= 0.3 is 0 Å². The molecule has 3 aromatic rings. The molecule has 4 rings (SSSR count). The summed E-state index contributed by atoms with van der Waals surface area (Å²) in [5.74, 6) is 1.87. The number of H-pyrrole nitrogens is 1. The summed E-state index contributed by atoms with van der Waals surface area (Å²) < 4.78 is 11.2. The molecule has 4 heterocycles. The summed E-state index contributed by atoms with van der Waals surface area (Å²) in [6, 6.07) is 0. The molecule has 1 aliphatic rings. The van der Waals surface area contributed by atoms with Crippen molar-refractivity contribution < 1.29 is 9.26 Å². The van der Waals surface area contributed by atoms with Crippen LogP contribution in [0.2, 0.25) is 0 Å². The normalized spacial score (nSPS) is 22.4. The molecule has 0 aromatic carbocycles. The van der Waals surface area contributed by atoms with Gasteiger partial charge < -0.3 is 19.1 Å². The molecular formula is C13H15N7O2. The molecule has 0 radical (unpaired) electrons. The summed E-state index contributed by atoms with van der Waals surface area (Å²) >= 11 is 0. The Balaban J connectivity index is 1.70. The van der Waals surface area contributed by atoms with Crippen LogP contribution >= 0.6 is 0 Å². The topological polar surface area (TPSA) is 106 Å². The Morgan fingerprint density at radius 1 is 1.32 bits per heavy atom. The van der Waals surface area contributed by atoms with Crippen LogP contribution in [0, 0.1) is 6.92 Å². The van der Waals surface area contributed by atoms with E-state index in [1.54, 1.807) is 13.3 Å². The fourth-order valence-corrected chi connectivity index (χ4v) is 2.68. The van der Waals surface area contributed by atoms with E-state index < -0.39 is 5.60 Å². The van der Waals surface area contributed by atoms with Crippen LogP contribution in [0.1, 0.15) is 18.6 Å². The van der Waals surface area contributed by atoms with Gasteiger partial charge in [0.05, 0.1) is 19.5 Å². The van der Waals surface area contributed by atoms with E-state index in [9.17, 15) is 0 Å². The van der Waals surface area contributed by atoms with Crippen LogP contribution < -0.4 is 4.90 Å². The summed E-state index contributed by atoms with van der Waals surface area (Å²) in [6.45, 7) is 5.54. The van der Waals surface area contributed by atoms with Crippen molar-refractivity contribution in [2.24, 2.45) is 0 Å². The number of rotatable bonds is 2. The number of morpholine rings is 1. The molecule has 0 saturated carbocycles. The van der Waals surface area contributed by atoms with Crippen LogP contribution in [0.25, 0.3) is 11.2 Å². The highest BCUT2D eigenvalue weighted by molar-refractivity contribution is 5.82. The molecule has 0 spiro atoms. The van der Waals surface area contributed by atoms with Crippen molar-refractivity contribution in [1.82, 2.24) is 30.1 Å². The Labute approximate surface area is 125 Å². The van der Waals surface area contributed by atoms with Crippen molar-refractivity contribution in [2.75, 3.05) is 24.6 Å². The Morgan fingerprint density at radius 2 is 2.23 bits per heavy atom.